The summed E-state index contributed by atoms with van der Waals surface area (Å²) < 4.78 is 0. The number of benzene rings is 1. The predicted octanol–water partition coefficient (Wildman–Crippen LogP) is 3.91. The molecule has 0 heterocycles. The first-order valence-electron chi connectivity index (χ1n) is 4.90. The minimum Gasteiger partial charge on any atom is -0.0625 e. The summed E-state index contributed by atoms with van der Waals surface area (Å²) in [4.78, 5) is 0. The van der Waals surface area contributed by atoms with E-state index in [9.17, 15) is 0 Å². The topological polar surface area (TPSA) is 0 Å². The summed E-state index contributed by atoms with van der Waals surface area (Å²) >= 11 is 0. The smallest absolute Gasteiger partial charge is 0.00291 e. The number of aryl methyl sites for hydroxylation is 1. The average molecular weight is 172 g/mol. The normalized spacial score (nSPS) is 20.8. The molecule has 13 heavy (non-hydrogen) atoms. The summed E-state index contributed by atoms with van der Waals surface area (Å²) in [5, 5.41) is 0. The van der Waals surface area contributed by atoms with Crippen LogP contribution >= 0.6 is 0 Å². The molecule has 0 spiro atoms. The van der Waals surface area contributed by atoms with E-state index < -0.39 is 0 Å². The number of allylic oxidation sites excluding steroid dienone is 2. The SMILES string of the molecule is CC1=C(C)C(C)c2cccc(C)c21. The Labute approximate surface area is 80.3 Å². The molecular weight excluding hydrogens is 156 g/mol. The van der Waals surface area contributed by atoms with Gasteiger partial charge in [0.2, 0.25) is 0 Å². The van der Waals surface area contributed by atoms with Crippen LogP contribution in [0.1, 0.15) is 43.4 Å². The summed E-state index contributed by atoms with van der Waals surface area (Å²) in [5.74, 6) is 0.620. The molecule has 2 rings (SSSR count). The van der Waals surface area contributed by atoms with E-state index in [0.29, 0.717) is 5.92 Å². The van der Waals surface area contributed by atoms with Crippen LogP contribution in [0.2, 0.25) is 0 Å². The molecule has 68 valence electrons. The van der Waals surface area contributed by atoms with Gasteiger partial charge in [0.25, 0.3) is 0 Å². The highest BCUT2D eigenvalue weighted by Gasteiger charge is 2.23. The van der Waals surface area contributed by atoms with E-state index in [1.165, 1.54) is 27.8 Å². The van der Waals surface area contributed by atoms with Crippen molar-refractivity contribution in [2.45, 2.75) is 33.6 Å². The number of fused-ring (bicyclic) bond motifs is 1. The van der Waals surface area contributed by atoms with E-state index in [1.54, 1.807) is 0 Å². The van der Waals surface area contributed by atoms with Gasteiger partial charge in [-0.05, 0) is 43.0 Å². The van der Waals surface area contributed by atoms with Gasteiger partial charge in [-0.15, -0.1) is 0 Å². The highest BCUT2D eigenvalue weighted by atomic mass is 14.3. The number of hydrogen-bond donors (Lipinski definition) is 0. The van der Waals surface area contributed by atoms with Crippen molar-refractivity contribution >= 4 is 5.57 Å². The second-order valence-corrected chi connectivity index (χ2v) is 4.07. The van der Waals surface area contributed by atoms with Crippen LogP contribution in [0.4, 0.5) is 0 Å². The Morgan fingerprint density at radius 3 is 2.38 bits per heavy atom. The van der Waals surface area contributed by atoms with E-state index in [4.69, 9.17) is 0 Å². The van der Waals surface area contributed by atoms with Gasteiger partial charge in [-0.2, -0.15) is 0 Å². The monoisotopic (exact) mass is 172 g/mol. The lowest BCUT2D eigenvalue weighted by Gasteiger charge is -2.08. The van der Waals surface area contributed by atoms with Crippen LogP contribution in [0.25, 0.3) is 5.57 Å². The molecule has 0 saturated heterocycles. The van der Waals surface area contributed by atoms with Crippen molar-refractivity contribution in [3.8, 4) is 0 Å². The van der Waals surface area contributed by atoms with Gasteiger partial charge in [-0.25, -0.2) is 0 Å². The Morgan fingerprint density at radius 2 is 1.77 bits per heavy atom. The molecule has 0 aromatic heterocycles. The van der Waals surface area contributed by atoms with Crippen molar-refractivity contribution in [3.63, 3.8) is 0 Å². The molecule has 0 saturated carbocycles. The lowest BCUT2D eigenvalue weighted by molar-refractivity contribution is 0.918. The fraction of sp³-hybridized carbons (Fsp3) is 0.385. The van der Waals surface area contributed by atoms with Gasteiger partial charge in [0.05, 0.1) is 0 Å². The molecule has 0 N–H and O–H groups in total. The maximum absolute atomic E-state index is 2.30. The van der Waals surface area contributed by atoms with Crippen LogP contribution in [-0.4, -0.2) is 0 Å². The van der Waals surface area contributed by atoms with Gasteiger partial charge in [0, 0.05) is 5.92 Å². The third-order valence-electron chi connectivity index (χ3n) is 3.39. The zero-order chi connectivity index (χ0) is 9.59. The fourth-order valence-corrected chi connectivity index (χ4v) is 2.32. The third-order valence-corrected chi connectivity index (χ3v) is 3.39. The average Bonchev–Trinajstić information content (AvgIpc) is 2.33. The highest BCUT2D eigenvalue weighted by Crippen LogP contribution is 2.42. The van der Waals surface area contributed by atoms with Gasteiger partial charge >= 0.3 is 0 Å². The fourth-order valence-electron chi connectivity index (χ4n) is 2.32. The van der Waals surface area contributed by atoms with Crippen LogP contribution in [-0.2, 0) is 0 Å². The second-order valence-electron chi connectivity index (χ2n) is 4.07. The van der Waals surface area contributed by atoms with E-state index in [2.05, 4.69) is 45.9 Å². The van der Waals surface area contributed by atoms with Crippen LogP contribution in [0.15, 0.2) is 23.8 Å². The molecule has 0 fully saturated rings. The summed E-state index contributed by atoms with van der Waals surface area (Å²) in [5.41, 5.74) is 7.44. The quantitative estimate of drug-likeness (QED) is 0.556. The molecule has 0 amide bonds. The van der Waals surface area contributed by atoms with Gasteiger partial charge in [0.15, 0.2) is 0 Å². The third kappa shape index (κ3) is 1.05. The van der Waals surface area contributed by atoms with Crippen LogP contribution < -0.4 is 0 Å². The summed E-state index contributed by atoms with van der Waals surface area (Å²) in [6, 6.07) is 6.62. The maximum Gasteiger partial charge on any atom is 0.00291 e. The van der Waals surface area contributed by atoms with Crippen LogP contribution in [0, 0.1) is 6.92 Å². The predicted molar refractivity (Wildman–Crippen MR) is 57.9 cm³/mol. The maximum atomic E-state index is 2.30. The first-order valence-corrected chi connectivity index (χ1v) is 4.90. The van der Waals surface area contributed by atoms with E-state index in [-0.39, 0.29) is 0 Å². The lowest BCUT2D eigenvalue weighted by atomic mass is 9.97. The Kier molecular flexibility index (Phi) is 1.80. The Balaban J connectivity index is 2.72. The van der Waals surface area contributed by atoms with Gasteiger partial charge in [0.1, 0.15) is 0 Å². The van der Waals surface area contributed by atoms with Crippen LogP contribution in [0.3, 0.4) is 0 Å². The molecule has 1 aliphatic carbocycles. The van der Waals surface area contributed by atoms with Crippen molar-refractivity contribution in [1.29, 1.82) is 0 Å². The molecule has 1 aromatic rings. The zero-order valence-corrected chi connectivity index (χ0v) is 8.81. The number of rotatable bonds is 0. The molecule has 0 heteroatoms. The molecule has 1 atom stereocenters. The van der Waals surface area contributed by atoms with E-state index in [1.807, 2.05) is 0 Å². The Bertz CT molecular complexity index is 383. The Hall–Kier alpha value is -1.04. The highest BCUT2D eigenvalue weighted by molar-refractivity contribution is 5.78. The largest absolute Gasteiger partial charge is 0.0625 e. The molecule has 0 radical (unpaired) electrons. The number of hydrogen-bond acceptors (Lipinski definition) is 0. The van der Waals surface area contributed by atoms with E-state index in [0.717, 1.165) is 0 Å². The molecule has 0 aliphatic heterocycles. The van der Waals surface area contributed by atoms with Gasteiger partial charge in [-0.1, -0.05) is 30.7 Å². The summed E-state index contributed by atoms with van der Waals surface area (Å²) in [7, 11) is 0. The molecule has 1 unspecified atom stereocenters. The van der Waals surface area contributed by atoms with Gasteiger partial charge < -0.3 is 0 Å². The minimum absolute atomic E-state index is 0.620. The van der Waals surface area contributed by atoms with E-state index >= 15 is 0 Å². The Morgan fingerprint density at radius 1 is 1.08 bits per heavy atom. The van der Waals surface area contributed by atoms with Gasteiger partial charge in [-0.3, -0.25) is 0 Å². The van der Waals surface area contributed by atoms with Crippen molar-refractivity contribution in [1.82, 2.24) is 0 Å². The van der Waals surface area contributed by atoms with Crippen molar-refractivity contribution in [2.24, 2.45) is 0 Å². The molecule has 1 aliphatic rings. The lowest BCUT2D eigenvalue weighted by Crippen LogP contribution is -1.91. The molecular formula is C13H16. The first-order chi connectivity index (χ1) is 6.13. The minimum atomic E-state index is 0.620. The van der Waals surface area contributed by atoms with Crippen LogP contribution in [0.5, 0.6) is 0 Å². The first kappa shape index (κ1) is 8.55. The summed E-state index contributed by atoms with van der Waals surface area (Å²) in [6.07, 6.45) is 0. The standard InChI is InChI=1S/C13H16/c1-8-6-5-7-12-10(3)9(2)11(4)13(8)12/h5-7,10H,1-4H3. The zero-order valence-electron chi connectivity index (χ0n) is 8.81. The molecule has 0 bridgehead atoms. The van der Waals surface area contributed by atoms with Crippen molar-refractivity contribution < 1.29 is 0 Å². The second kappa shape index (κ2) is 2.73. The summed E-state index contributed by atoms with van der Waals surface area (Å²) in [6.45, 7) is 8.99. The van der Waals surface area contributed by atoms with Crippen molar-refractivity contribution in [3.05, 3.63) is 40.5 Å². The molecule has 1 aromatic carbocycles. The molecule has 0 nitrogen and oxygen atoms in total. The van der Waals surface area contributed by atoms with Crippen molar-refractivity contribution in [2.75, 3.05) is 0 Å².